The summed E-state index contributed by atoms with van der Waals surface area (Å²) in [7, 11) is -2.11. The van der Waals surface area contributed by atoms with Crippen molar-refractivity contribution in [1.82, 2.24) is 9.80 Å². The summed E-state index contributed by atoms with van der Waals surface area (Å²) in [6.07, 6.45) is -0.447. The molecule has 2 amide bonds. The highest BCUT2D eigenvalue weighted by atomic mass is 79.9. The lowest BCUT2D eigenvalue weighted by atomic mass is 9.97. The summed E-state index contributed by atoms with van der Waals surface area (Å²) in [5.41, 5.74) is 2.23. The Labute approximate surface area is 457 Å². The highest BCUT2D eigenvalue weighted by Gasteiger charge is 2.45. The van der Waals surface area contributed by atoms with Gasteiger partial charge in [-0.05, 0) is 115 Å². The Bertz CT molecular complexity index is 2800. The van der Waals surface area contributed by atoms with Crippen molar-refractivity contribution in [1.29, 1.82) is 0 Å². The Hall–Kier alpha value is -7.02. The summed E-state index contributed by atoms with van der Waals surface area (Å²) in [6, 6.07) is 60.7. The number of amides is 2. The molecular formula is C62H60BrF6N2O5P. The first-order valence-electron chi connectivity index (χ1n) is 25.1. The molecule has 2 saturated heterocycles. The van der Waals surface area contributed by atoms with E-state index in [0.717, 1.165) is 60.8 Å². The first-order chi connectivity index (χ1) is 36.7. The van der Waals surface area contributed by atoms with Gasteiger partial charge in [0.2, 0.25) is 0 Å². The third-order valence-corrected chi connectivity index (χ3v) is 17.5. The lowest BCUT2D eigenvalue weighted by Gasteiger charge is -2.30. The van der Waals surface area contributed by atoms with Gasteiger partial charge in [0.05, 0.1) is 17.3 Å². The molecule has 2 aliphatic heterocycles. The van der Waals surface area contributed by atoms with Crippen molar-refractivity contribution in [2.45, 2.75) is 57.4 Å². The summed E-state index contributed by atoms with van der Waals surface area (Å²) in [5, 5.41) is 3.63. The zero-order chi connectivity index (χ0) is 53.8. The standard InChI is InChI=1S/C26H21F3P.C22H22F3NO2.C14H17NO3.BrH/c27-26(28,29)22-18-16-21(17-19-22)20-30(23-10-4-1-5-11-23,24-12-6-2-7-13-24)25-14-8-3-9-15-25;23-22(24,25)20-12-10-17(11-13-20)8-9-18-7-4-14-26(15-18)21(27)28-16-19-5-2-1-3-6-19;16-10-13-7-4-8-15(9-13)14(17)18-11-12-5-2-1-3-6-12;/h1-19H,20H2;1-3,5-6,8-13,18H,4,7,14-16H2;1-3,5-6,10,13H,4,7-9,11H2;1H/q+1;;;/p-1. The topological polar surface area (TPSA) is 76.2 Å². The van der Waals surface area contributed by atoms with E-state index in [2.05, 4.69) is 36.4 Å². The minimum Gasteiger partial charge on any atom is -1.00 e. The molecule has 77 heavy (non-hydrogen) atoms. The molecule has 0 aromatic heterocycles. The summed E-state index contributed by atoms with van der Waals surface area (Å²) in [6.45, 7) is 2.88. The molecule has 2 aliphatic rings. The van der Waals surface area contributed by atoms with Crippen molar-refractivity contribution in [2.75, 3.05) is 26.2 Å². The second-order valence-electron chi connectivity index (χ2n) is 18.6. The van der Waals surface area contributed by atoms with E-state index >= 15 is 0 Å². The largest absolute Gasteiger partial charge is 1.00 e. The Morgan fingerprint density at radius 3 is 1.25 bits per heavy atom. The van der Waals surface area contributed by atoms with Gasteiger partial charge in [0, 0.05) is 32.1 Å². The number of rotatable bonds is 12. The molecule has 7 aromatic carbocycles. The van der Waals surface area contributed by atoms with Crippen LogP contribution in [0.2, 0.25) is 0 Å². The number of benzene rings is 7. The van der Waals surface area contributed by atoms with E-state index in [0.29, 0.717) is 37.9 Å². The van der Waals surface area contributed by atoms with Crippen LogP contribution in [0.5, 0.6) is 0 Å². The molecule has 402 valence electrons. The van der Waals surface area contributed by atoms with Crippen molar-refractivity contribution < 1.29 is 67.2 Å². The summed E-state index contributed by atoms with van der Waals surface area (Å²) in [4.78, 5) is 38.2. The van der Waals surface area contributed by atoms with Crippen LogP contribution in [-0.2, 0) is 46.0 Å². The number of likely N-dealkylation sites (tertiary alicyclic amines) is 2. The minimum atomic E-state index is -4.33. The molecule has 9 rings (SSSR count). The normalized spacial score (nSPS) is 15.6. The number of aldehydes is 1. The molecule has 0 saturated carbocycles. The second-order valence-corrected chi connectivity index (χ2v) is 22.0. The predicted molar refractivity (Wildman–Crippen MR) is 289 cm³/mol. The van der Waals surface area contributed by atoms with E-state index in [9.17, 15) is 40.7 Å². The first kappa shape index (κ1) is 59.2. The van der Waals surface area contributed by atoms with Gasteiger partial charge in [-0.25, -0.2) is 9.59 Å². The molecular weight excluding hydrogens is 1080 g/mol. The molecule has 15 heteroatoms. The van der Waals surface area contributed by atoms with Crippen LogP contribution in [0.1, 0.15) is 59.1 Å². The van der Waals surface area contributed by atoms with Crippen molar-refractivity contribution in [3.05, 3.63) is 240 Å². The zero-order valence-electron chi connectivity index (χ0n) is 42.2. The number of hydrogen-bond donors (Lipinski definition) is 0. The van der Waals surface area contributed by atoms with Crippen LogP contribution in [-0.4, -0.2) is 54.5 Å². The summed E-state index contributed by atoms with van der Waals surface area (Å²) >= 11 is 0. The molecule has 7 aromatic rings. The predicted octanol–water partition coefficient (Wildman–Crippen LogP) is 11.2. The van der Waals surface area contributed by atoms with Crippen molar-refractivity contribution in [3.63, 3.8) is 0 Å². The lowest BCUT2D eigenvalue weighted by molar-refractivity contribution is -0.138. The number of halogens is 7. The molecule has 0 spiro atoms. The molecule has 7 nitrogen and oxygen atoms in total. The van der Waals surface area contributed by atoms with Gasteiger partial charge in [-0.15, -0.1) is 0 Å². The maximum atomic E-state index is 13.1. The number of carbonyl (C=O) groups is 3. The molecule has 2 heterocycles. The van der Waals surface area contributed by atoms with Crippen molar-refractivity contribution >= 4 is 47.7 Å². The van der Waals surface area contributed by atoms with E-state index in [1.807, 2.05) is 127 Å². The van der Waals surface area contributed by atoms with E-state index in [4.69, 9.17) is 9.47 Å². The van der Waals surface area contributed by atoms with E-state index in [1.54, 1.807) is 21.9 Å². The van der Waals surface area contributed by atoms with Crippen LogP contribution in [0.3, 0.4) is 0 Å². The number of carbonyl (C=O) groups excluding carboxylic acids is 3. The average Bonchev–Trinajstić information content (AvgIpc) is 3.51. The quantitative estimate of drug-likeness (QED) is 0.0692. The Morgan fingerprint density at radius 1 is 0.494 bits per heavy atom. The van der Waals surface area contributed by atoms with Crippen LogP contribution in [0.4, 0.5) is 35.9 Å². The fourth-order valence-electron chi connectivity index (χ4n) is 9.11. The number of hydrogen-bond acceptors (Lipinski definition) is 5. The third-order valence-electron chi connectivity index (χ3n) is 13.1. The van der Waals surface area contributed by atoms with Crippen LogP contribution >= 0.6 is 7.26 Å². The SMILES string of the molecule is FC(F)(F)c1ccc(C[P+](c2ccccc2)(c2ccccc2)c2ccccc2)cc1.O=C(OCc1ccccc1)N1CCCC(C=Cc2ccc(C(F)(F)F)cc2)C1.O=CC1CCCN(C(=O)OCc2ccccc2)C1.[Br-]. The fourth-order valence-corrected chi connectivity index (χ4v) is 13.4. The Morgan fingerprint density at radius 2 is 0.857 bits per heavy atom. The Balaban J connectivity index is 0.000000192. The third kappa shape index (κ3) is 17.5. The fraction of sp³-hybridized carbons (Fsp3) is 0.242. The van der Waals surface area contributed by atoms with Gasteiger partial charge in [0.1, 0.15) is 42.7 Å². The Kier molecular flexibility index (Phi) is 22.2. The molecule has 0 radical (unpaired) electrons. The number of nitrogens with zero attached hydrogens (tertiary/aromatic N) is 2. The van der Waals surface area contributed by atoms with Gasteiger partial charge in [0.25, 0.3) is 0 Å². The molecule has 0 aliphatic carbocycles. The van der Waals surface area contributed by atoms with Gasteiger partial charge in [-0.2, -0.15) is 26.3 Å². The maximum absolute atomic E-state index is 13.1. The van der Waals surface area contributed by atoms with Gasteiger partial charge in [-0.1, -0.05) is 152 Å². The highest BCUT2D eigenvalue weighted by molar-refractivity contribution is 7.95. The van der Waals surface area contributed by atoms with Crippen LogP contribution < -0.4 is 32.9 Å². The highest BCUT2D eigenvalue weighted by Crippen LogP contribution is 2.58. The van der Waals surface area contributed by atoms with E-state index < -0.39 is 30.7 Å². The molecule has 0 bridgehead atoms. The molecule has 0 N–H and O–H groups in total. The zero-order valence-corrected chi connectivity index (χ0v) is 44.7. The van der Waals surface area contributed by atoms with Crippen molar-refractivity contribution in [2.24, 2.45) is 11.8 Å². The van der Waals surface area contributed by atoms with E-state index in [1.165, 1.54) is 40.2 Å². The van der Waals surface area contributed by atoms with Gasteiger partial charge in [-0.3, -0.25) is 0 Å². The number of alkyl halides is 6. The minimum absolute atomic E-state index is 0. The van der Waals surface area contributed by atoms with Gasteiger partial charge < -0.3 is 41.0 Å². The maximum Gasteiger partial charge on any atom is 0.416 e. The summed E-state index contributed by atoms with van der Waals surface area (Å²) in [5.74, 6) is 0.114. The molecule has 2 unspecified atom stereocenters. The number of ether oxygens (including phenoxy) is 2. The first-order valence-corrected chi connectivity index (χ1v) is 27.1. The van der Waals surface area contributed by atoms with Crippen LogP contribution in [0, 0.1) is 11.8 Å². The van der Waals surface area contributed by atoms with Crippen molar-refractivity contribution in [3.8, 4) is 0 Å². The van der Waals surface area contributed by atoms with E-state index in [-0.39, 0.29) is 54.2 Å². The molecule has 2 atom stereocenters. The monoisotopic (exact) mass is 1140 g/mol. The van der Waals surface area contributed by atoms with Gasteiger partial charge in [0.15, 0.2) is 0 Å². The average molecular weight is 1140 g/mol. The van der Waals surface area contributed by atoms with Gasteiger partial charge >= 0.3 is 24.5 Å². The molecule has 2 fully saturated rings. The summed E-state index contributed by atoms with van der Waals surface area (Å²) < 4.78 is 87.6. The van der Waals surface area contributed by atoms with Crippen LogP contribution in [0.25, 0.3) is 6.08 Å². The number of piperidine rings is 2. The smallest absolute Gasteiger partial charge is 0.416 e. The van der Waals surface area contributed by atoms with Crippen LogP contribution in [0.15, 0.2) is 206 Å². The second kappa shape index (κ2) is 28.9. The lowest BCUT2D eigenvalue weighted by Crippen LogP contribution is -3.00.